The summed E-state index contributed by atoms with van der Waals surface area (Å²) in [5, 5.41) is 2.68. The van der Waals surface area contributed by atoms with E-state index in [0.29, 0.717) is 18.5 Å². The molecule has 0 aliphatic heterocycles. The third-order valence-electron chi connectivity index (χ3n) is 2.35. The van der Waals surface area contributed by atoms with Crippen LogP contribution < -0.4 is 5.32 Å². The van der Waals surface area contributed by atoms with Crippen LogP contribution in [0.25, 0.3) is 0 Å². The molecule has 1 aromatic rings. The number of hydrogen-bond donors (Lipinski definition) is 1. The molecule has 1 aromatic carbocycles. The van der Waals surface area contributed by atoms with Crippen LogP contribution in [-0.2, 0) is 9.84 Å². The Bertz CT molecular complexity index is 526. The number of alkyl halides is 1. The van der Waals surface area contributed by atoms with Crippen molar-refractivity contribution >= 4 is 27.3 Å². The standard InChI is InChI=1S/C12H16ClNO3S/c1-9(13)6-7-14-12(15)10-4-3-5-11(8-10)18(2,16)17/h3-5,8-9H,6-7H2,1-2H3,(H,14,15). The van der Waals surface area contributed by atoms with Crippen molar-refractivity contribution in [1.82, 2.24) is 5.32 Å². The lowest BCUT2D eigenvalue weighted by Crippen LogP contribution is -2.25. The first-order valence-electron chi connectivity index (χ1n) is 5.53. The summed E-state index contributed by atoms with van der Waals surface area (Å²) in [5.41, 5.74) is 0.333. The van der Waals surface area contributed by atoms with Gasteiger partial charge in [-0.2, -0.15) is 0 Å². The Balaban J connectivity index is 2.75. The van der Waals surface area contributed by atoms with Crippen molar-refractivity contribution in [3.63, 3.8) is 0 Å². The summed E-state index contributed by atoms with van der Waals surface area (Å²) < 4.78 is 22.7. The van der Waals surface area contributed by atoms with Crippen molar-refractivity contribution in [1.29, 1.82) is 0 Å². The van der Waals surface area contributed by atoms with E-state index >= 15 is 0 Å². The Hall–Kier alpha value is -1.07. The number of nitrogens with one attached hydrogen (secondary N) is 1. The summed E-state index contributed by atoms with van der Waals surface area (Å²) in [6.45, 7) is 2.31. The first-order chi connectivity index (χ1) is 8.30. The van der Waals surface area contributed by atoms with Crippen LogP contribution in [0.2, 0.25) is 0 Å². The maximum atomic E-state index is 11.8. The SMILES string of the molecule is CC(Cl)CCNC(=O)c1cccc(S(C)(=O)=O)c1. The molecule has 0 spiro atoms. The predicted molar refractivity (Wildman–Crippen MR) is 71.8 cm³/mol. The molecule has 0 saturated carbocycles. The van der Waals surface area contributed by atoms with E-state index in [1.807, 2.05) is 6.92 Å². The Morgan fingerprint density at radius 1 is 1.44 bits per heavy atom. The molecule has 100 valence electrons. The number of carbonyl (C=O) groups excluding carboxylic acids is 1. The van der Waals surface area contributed by atoms with Crippen molar-refractivity contribution in [3.05, 3.63) is 29.8 Å². The number of hydrogen-bond acceptors (Lipinski definition) is 3. The van der Waals surface area contributed by atoms with Gasteiger partial charge in [-0.25, -0.2) is 8.42 Å². The molecule has 0 aliphatic carbocycles. The Morgan fingerprint density at radius 2 is 2.11 bits per heavy atom. The molecule has 0 heterocycles. The monoisotopic (exact) mass is 289 g/mol. The fourth-order valence-corrected chi connectivity index (χ4v) is 2.13. The number of sulfone groups is 1. The van der Waals surface area contributed by atoms with Crippen molar-refractivity contribution in [2.45, 2.75) is 23.6 Å². The second-order valence-corrected chi connectivity index (χ2v) is 6.89. The van der Waals surface area contributed by atoms with Gasteiger partial charge in [0.05, 0.1) is 4.90 Å². The fourth-order valence-electron chi connectivity index (χ4n) is 1.35. The van der Waals surface area contributed by atoms with Crippen LogP contribution in [-0.4, -0.2) is 32.5 Å². The first kappa shape index (κ1) is 15.0. The highest BCUT2D eigenvalue weighted by molar-refractivity contribution is 7.90. The summed E-state index contributed by atoms with van der Waals surface area (Å²) >= 11 is 5.76. The molecule has 18 heavy (non-hydrogen) atoms. The van der Waals surface area contributed by atoms with E-state index in [9.17, 15) is 13.2 Å². The first-order valence-corrected chi connectivity index (χ1v) is 7.86. The third kappa shape index (κ3) is 4.66. The van der Waals surface area contributed by atoms with E-state index in [1.165, 1.54) is 12.1 Å². The number of halogens is 1. The normalized spacial score (nSPS) is 13.1. The van der Waals surface area contributed by atoms with Gasteiger partial charge in [-0.05, 0) is 31.5 Å². The molecule has 0 bridgehead atoms. The van der Waals surface area contributed by atoms with Gasteiger partial charge in [0.15, 0.2) is 9.84 Å². The van der Waals surface area contributed by atoms with Crippen LogP contribution in [0.1, 0.15) is 23.7 Å². The molecule has 0 radical (unpaired) electrons. The lowest BCUT2D eigenvalue weighted by molar-refractivity contribution is 0.0953. The van der Waals surface area contributed by atoms with Gasteiger partial charge in [0.25, 0.3) is 5.91 Å². The summed E-state index contributed by atoms with van der Waals surface area (Å²) in [5.74, 6) is -0.294. The van der Waals surface area contributed by atoms with Crippen molar-refractivity contribution in [2.24, 2.45) is 0 Å². The van der Waals surface area contributed by atoms with E-state index in [0.717, 1.165) is 6.26 Å². The molecule has 1 atom stereocenters. The number of amides is 1. The predicted octanol–water partition coefficient (Wildman–Crippen LogP) is 1.84. The van der Waals surface area contributed by atoms with Crippen LogP contribution in [0.5, 0.6) is 0 Å². The Morgan fingerprint density at radius 3 is 2.67 bits per heavy atom. The van der Waals surface area contributed by atoms with Crippen molar-refractivity contribution < 1.29 is 13.2 Å². The maximum Gasteiger partial charge on any atom is 0.251 e. The average molecular weight is 290 g/mol. The molecule has 1 N–H and O–H groups in total. The molecular weight excluding hydrogens is 274 g/mol. The minimum absolute atomic E-state index is 0.00680. The lowest BCUT2D eigenvalue weighted by atomic mass is 10.2. The smallest absolute Gasteiger partial charge is 0.251 e. The molecule has 4 nitrogen and oxygen atoms in total. The van der Waals surface area contributed by atoms with E-state index in [1.54, 1.807) is 12.1 Å². The Kier molecular flexibility index (Phi) is 5.16. The topological polar surface area (TPSA) is 63.2 Å². The molecular formula is C12H16ClNO3S. The second kappa shape index (κ2) is 6.20. The summed E-state index contributed by atoms with van der Waals surface area (Å²) in [7, 11) is -3.29. The quantitative estimate of drug-likeness (QED) is 0.841. The largest absolute Gasteiger partial charge is 0.352 e. The van der Waals surface area contributed by atoms with Crippen LogP contribution in [0, 0.1) is 0 Å². The molecule has 0 saturated heterocycles. The zero-order chi connectivity index (χ0) is 13.8. The van der Waals surface area contributed by atoms with E-state index < -0.39 is 9.84 Å². The average Bonchev–Trinajstić information content (AvgIpc) is 2.27. The number of carbonyl (C=O) groups is 1. The summed E-state index contributed by atoms with van der Waals surface area (Å²) in [6, 6.07) is 5.96. The second-order valence-electron chi connectivity index (χ2n) is 4.13. The van der Waals surface area contributed by atoms with E-state index in [2.05, 4.69) is 5.32 Å². The zero-order valence-corrected chi connectivity index (χ0v) is 11.9. The highest BCUT2D eigenvalue weighted by Gasteiger charge is 2.11. The minimum atomic E-state index is -3.29. The zero-order valence-electron chi connectivity index (χ0n) is 10.3. The molecule has 0 aromatic heterocycles. The van der Waals surface area contributed by atoms with E-state index in [4.69, 9.17) is 11.6 Å². The Labute approximate surface area is 112 Å². The number of benzene rings is 1. The summed E-state index contributed by atoms with van der Waals surface area (Å²) in [6.07, 6.45) is 1.78. The van der Waals surface area contributed by atoms with Crippen molar-refractivity contribution in [3.8, 4) is 0 Å². The maximum absolute atomic E-state index is 11.8. The summed E-state index contributed by atoms with van der Waals surface area (Å²) in [4.78, 5) is 11.9. The third-order valence-corrected chi connectivity index (χ3v) is 3.68. The highest BCUT2D eigenvalue weighted by atomic mass is 35.5. The molecule has 0 fully saturated rings. The van der Waals surface area contributed by atoms with Crippen LogP contribution in [0.15, 0.2) is 29.2 Å². The van der Waals surface area contributed by atoms with Gasteiger partial charge in [-0.3, -0.25) is 4.79 Å². The van der Waals surface area contributed by atoms with Gasteiger partial charge in [0, 0.05) is 23.7 Å². The van der Waals surface area contributed by atoms with Gasteiger partial charge in [0.2, 0.25) is 0 Å². The molecule has 6 heteroatoms. The highest BCUT2D eigenvalue weighted by Crippen LogP contribution is 2.11. The van der Waals surface area contributed by atoms with Gasteiger partial charge in [-0.15, -0.1) is 11.6 Å². The van der Waals surface area contributed by atoms with Gasteiger partial charge < -0.3 is 5.32 Å². The van der Waals surface area contributed by atoms with Gasteiger partial charge in [0.1, 0.15) is 0 Å². The van der Waals surface area contributed by atoms with Gasteiger partial charge >= 0.3 is 0 Å². The van der Waals surface area contributed by atoms with E-state index in [-0.39, 0.29) is 16.2 Å². The molecule has 1 rings (SSSR count). The minimum Gasteiger partial charge on any atom is -0.352 e. The fraction of sp³-hybridized carbons (Fsp3) is 0.417. The molecule has 1 amide bonds. The van der Waals surface area contributed by atoms with Crippen LogP contribution in [0.4, 0.5) is 0 Å². The number of rotatable bonds is 5. The molecule has 0 aliphatic rings. The van der Waals surface area contributed by atoms with Crippen LogP contribution in [0.3, 0.4) is 0 Å². The van der Waals surface area contributed by atoms with Crippen molar-refractivity contribution in [2.75, 3.05) is 12.8 Å². The lowest BCUT2D eigenvalue weighted by Gasteiger charge is -2.07. The van der Waals surface area contributed by atoms with Gasteiger partial charge in [-0.1, -0.05) is 6.07 Å². The molecule has 1 unspecified atom stereocenters. The van der Waals surface area contributed by atoms with Crippen LogP contribution >= 0.6 is 11.6 Å².